The summed E-state index contributed by atoms with van der Waals surface area (Å²) in [5.74, 6) is -2.56. The topological polar surface area (TPSA) is 121 Å². The second kappa shape index (κ2) is 12.4. The lowest BCUT2D eigenvalue weighted by Gasteiger charge is -2.40. The molecule has 0 aliphatic carbocycles. The first-order valence-electron chi connectivity index (χ1n) is 16.0. The minimum Gasteiger partial charge on any atom is -0.363 e. The molecule has 2 saturated heterocycles. The third-order valence-electron chi connectivity index (χ3n) is 9.96. The molecule has 4 aliphatic rings. The summed E-state index contributed by atoms with van der Waals surface area (Å²) in [4.78, 5) is 25.4. The second-order valence-corrected chi connectivity index (χ2v) is 15.4. The quantitative estimate of drug-likeness (QED) is 0.381. The average molecular weight is 639 g/mol. The van der Waals surface area contributed by atoms with Gasteiger partial charge in [-0.2, -0.15) is 5.26 Å². The highest BCUT2D eigenvalue weighted by Crippen LogP contribution is 2.39. The van der Waals surface area contributed by atoms with Gasteiger partial charge in [-0.15, -0.1) is 0 Å². The number of alkyl halides is 2. The molecule has 45 heavy (non-hydrogen) atoms. The summed E-state index contributed by atoms with van der Waals surface area (Å²) < 4.78 is 56.9. The van der Waals surface area contributed by atoms with E-state index in [9.17, 15) is 18.5 Å². The van der Waals surface area contributed by atoms with Crippen LogP contribution >= 0.6 is 0 Å². The molecule has 0 radical (unpaired) electrons. The van der Waals surface area contributed by atoms with Crippen molar-refractivity contribution in [3.05, 3.63) is 63.7 Å². The van der Waals surface area contributed by atoms with Crippen LogP contribution in [0.2, 0.25) is 0 Å². The van der Waals surface area contributed by atoms with Gasteiger partial charge in [0.25, 0.3) is 11.5 Å². The zero-order chi connectivity index (χ0) is 31.8. The molecule has 0 spiro atoms. The van der Waals surface area contributed by atoms with Crippen LogP contribution < -0.4 is 10.9 Å². The van der Waals surface area contributed by atoms with Gasteiger partial charge in [-0.3, -0.25) is 9.36 Å². The van der Waals surface area contributed by atoms with Crippen LogP contribution in [-0.4, -0.2) is 59.0 Å². The van der Waals surface area contributed by atoms with E-state index < -0.39 is 27.2 Å². The minimum absolute atomic E-state index is 0.0115. The molecule has 1 N–H and O–H groups in total. The Labute approximate surface area is 262 Å². The molecule has 12 heteroatoms. The molecular weight excluding hydrogens is 598 g/mol. The number of aromatic nitrogens is 3. The Hall–Kier alpha value is -3.43. The molecule has 0 unspecified atom stereocenters. The minimum atomic E-state index is -3.29. The molecule has 2 aromatic heterocycles. The molecule has 0 amide bonds. The van der Waals surface area contributed by atoms with Crippen LogP contribution in [0.25, 0.3) is 11.0 Å². The molecule has 4 aliphatic heterocycles. The number of pyridine rings is 1. The van der Waals surface area contributed by atoms with Gasteiger partial charge in [-0.05, 0) is 69.2 Å². The van der Waals surface area contributed by atoms with Crippen molar-refractivity contribution in [3.63, 3.8) is 0 Å². The lowest BCUT2D eigenvalue weighted by Crippen LogP contribution is -2.47. The van der Waals surface area contributed by atoms with Crippen molar-refractivity contribution in [2.45, 2.75) is 82.2 Å². The van der Waals surface area contributed by atoms with Crippen molar-refractivity contribution in [2.75, 3.05) is 36.5 Å². The zero-order valence-corrected chi connectivity index (χ0v) is 26.5. The number of halogens is 2. The molecule has 0 saturated carbocycles. The molecule has 2 fully saturated rings. The summed E-state index contributed by atoms with van der Waals surface area (Å²) in [7, 11) is -3.29. The third kappa shape index (κ3) is 6.47. The van der Waals surface area contributed by atoms with Gasteiger partial charge in [-0.1, -0.05) is 31.0 Å². The molecular formula is C33H40F2N6O3S. The van der Waals surface area contributed by atoms with Crippen LogP contribution in [0.4, 0.5) is 14.6 Å². The van der Waals surface area contributed by atoms with E-state index in [1.807, 2.05) is 6.92 Å². The Balaban J connectivity index is 1.42. The van der Waals surface area contributed by atoms with Crippen molar-refractivity contribution < 1.29 is 17.2 Å². The Kier molecular flexibility index (Phi) is 8.69. The number of nitrogens with one attached hydrogen (secondary N) is 1. The van der Waals surface area contributed by atoms with Gasteiger partial charge in [0.15, 0.2) is 0 Å². The predicted molar refractivity (Wildman–Crippen MR) is 169 cm³/mol. The molecule has 240 valence electrons. The van der Waals surface area contributed by atoms with Gasteiger partial charge in [0, 0.05) is 43.2 Å². The van der Waals surface area contributed by atoms with Crippen molar-refractivity contribution in [2.24, 2.45) is 5.92 Å². The highest BCUT2D eigenvalue weighted by molar-refractivity contribution is 7.91. The van der Waals surface area contributed by atoms with Gasteiger partial charge in [0.05, 0.1) is 28.4 Å². The third-order valence-corrected chi connectivity index (χ3v) is 11.6. The van der Waals surface area contributed by atoms with E-state index in [0.29, 0.717) is 41.3 Å². The maximum Gasteiger partial charge on any atom is 0.273 e. The van der Waals surface area contributed by atoms with Crippen LogP contribution in [0.1, 0.15) is 81.0 Å². The van der Waals surface area contributed by atoms with Crippen LogP contribution in [0, 0.1) is 17.2 Å². The number of nitrogens with zero attached hydrogens (tertiary/aromatic N) is 5. The number of nitriles is 1. The van der Waals surface area contributed by atoms with E-state index in [2.05, 4.69) is 26.3 Å². The Morgan fingerprint density at radius 1 is 1.02 bits per heavy atom. The van der Waals surface area contributed by atoms with Gasteiger partial charge >= 0.3 is 0 Å². The predicted octanol–water partition coefficient (Wildman–Crippen LogP) is 5.31. The Morgan fingerprint density at radius 2 is 1.76 bits per heavy atom. The van der Waals surface area contributed by atoms with Crippen molar-refractivity contribution >= 4 is 26.7 Å². The number of sulfone groups is 1. The zero-order valence-electron chi connectivity index (χ0n) is 25.6. The summed E-state index contributed by atoms with van der Waals surface area (Å²) in [6.45, 7) is 4.91. The maximum absolute atomic E-state index is 15.4. The van der Waals surface area contributed by atoms with Gasteiger partial charge in [0.1, 0.15) is 27.6 Å². The van der Waals surface area contributed by atoms with Gasteiger partial charge < -0.3 is 10.2 Å². The first kappa shape index (κ1) is 31.5. The molecule has 7 rings (SSSR count). The number of anilines is 1. The number of benzene rings is 1. The second-order valence-electron chi connectivity index (χ2n) is 13.1. The number of hydrogen-bond donors (Lipinski definition) is 1. The van der Waals surface area contributed by atoms with Crippen LogP contribution in [-0.2, 0) is 27.7 Å². The van der Waals surface area contributed by atoms with Crippen molar-refractivity contribution in [1.29, 1.82) is 5.26 Å². The molecule has 8 bridgehead atoms. The molecule has 3 aromatic rings. The Bertz CT molecular complexity index is 1770. The number of rotatable bonds is 1. The highest BCUT2D eigenvalue weighted by atomic mass is 32.2. The molecule has 6 heterocycles. The van der Waals surface area contributed by atoms with Gasteiger partial charge in [-0.25, -0.2) is 27.2 Å². The fourth-order valence-electron chi connectivity index (χ4n) is 7.03. The monoisotopic (exact) mass is 638 g/mol. The molecule has 9 nitrogen and oxygen atoms in total. The standard InChI is InChI=1S/C33H40F2N6O3S/c1-23-25-7-6-8-26(17-25)33(34,35)10-9-24-19-40(20-24)13-4-2-3-5-14-41-30-27(29(39-23)37-22-38-30)18-28(31(41)42)32(21-36)11-15-45(43,44)16-12-32/h6-8,17-18,22-24H,2-5,9-16,19-20H2,1H3,(H,37,38,39)/t23-/m0/s1. The van der Waals surface area contributed by atoms with Crippen LogP contribution in [0.3, 0.4) is 0 Å². The fraction of sp³-hybridized carbons (Fsp3) is 0.576. The smallest absolute Gasteiger partial charge is 0.273 e. The van der Waals surface area contributed by atoms with Crippen molar-refractivity contribution in [1.82, 2.24) is 19.4 Å². The summed E-state index contributed by atoms with van der Waals surface area (Å²) in [6.07, 6.45) is 5.35. The first-order valence-corrected chi connectivity index (χ1v) is 17.8. The van der Waals surface area contributed by atoms with E-state index in [1.165, 1.54) is 12.4 Å². The number of fused-ring (bicyclic) bond motifs is 8. The summed E-state index contributed by atoms with van der Waals surface area (Å²) >= 11 is 0. The summed E-state index contributed by atoms with van der Waals surface area (Å²) in [5.41, 5.74) is -0.256. The fourth-order valence-corrected chi connectivity index (χ4v) is 8.55. The number of hydrogen-bond acceptors (Lipinski definition) is 8. The maximum atomic E-state index is 15.4. The lowest BCUT2D eigenvalue weighted by molar-refractivity contribution is -0.0291. The SMILES string of the molecule is C[C@@H]1Nc2ncnc3c2cc(C2(C#N)CCS(=O)(=O)CC2)c(=O)n3CCCCCCN2CC(CCC(F)(F)c3cccc1c3)C2. The summed E-state index contributed by atoms with van der Waals surface area (Å²) in [5, 5.41) is 14.3. The lowest BCUT2D eigenvalue weighted by atomic mass is 9.77. The Morgan fingerprint density at radius 3 is 2.49 bits per heavy atom. The van der Waals surface area contributed by atoms with E-state index >= 15 is 8.78 Å². The van der Waals surface area contributed by atoms with Crippen LogP contribution in [0.15, 0.2) is 41.5 Å². The largest absolute Gasteiger partial charge is 0.363 e. The average Bonchev–Trinajstić information content (AvgIpc) is 3.00. The van der Waals surface area contributed by atoms with Crippen LogP contribution in [0.5, 0.6) is 0 Å². The van der Waals surface area contributed by atoms with E-state index in [0.717, 1.165) is 45.3 Å². The number of aryl methyl sites for hydroxylation is 1. The highest BCUT2D eigenvalue weighted by Gasteiger charge is 2.42. The van der Waals surface area contributed by atoms with Crippen molar-refractivity contribution in [3.8, 4) is 6.07 Å². The first-order chi connectivity index (χ1) is 21.5. The normalized spacial score (nSPS) is 26.5. The van der Waals surface area contributed by atoms with E-state index in [1.54, 1.807) is 28.8 Å². The van der Waals surface area contributed by atoms with Gasteiger partial charge in [0.2, 0.25) is 0 Å². The van der Waals surface area contributed by atoms with E-state index in [4.69, 9.17) is 0 Å². The van der Waals surface area contributed by atoms with E-state index in [-0.39, 0.29) is 47.5 Å². The molecule has 1 atom stereocenters. The molecule has 1 aromatic carbocycles. The summed E-state index contributed by atoms with van der Waals surface area (Å²) in [6, 6.07) is 10.0.